The number of piperazine rings is 1. The number of aromatic nitrogens is 1. The van der Waals surface area contributed by atoms with E-state index in [1.165, 1.54) is 5.56 Å². The lowest BCUT2D eigenvalue weighted by Gasteiger charge is -2.43. The van der Waals surface area contributed by atoms with Gasteiger partial charge in [0.25, 0.3) is 0 Å². The molecule has 1 aliphatic rings. The van der Waals surface area contributed by atoms with Crippen LogP contribution in [0, 0.1) is 11.8 Å². The van der Waals surface area contributed by atoms with Crippen molar-refractivity contribution in [3.8, 4) is 5.88 Å². The Kier molecular flexibility index (Phi) is 5.59. The van der Waals surface area contributed by atoms with Gasteiger partial charge in [-0.2, -0.15) is 0 Å². The van der Waals surface area contributed by atoms with Crippen molar-refractivity contribution < 1.29 is 4.74 Å². The fourth-order valence-corrected chi connectivity index (χ4v) is 3.09. The molecule has 4 nitrogen and oxygen atoms in total. The lowest BCUT2D eigenvalue weighted by atomic mass is 9.94. The summed E-state index contributed by atoms with van der Waals surface area (Å²) in [6.07, 6.45) is 1.79. The molecule has 2 heterocycles. The molecule has 0 radical (unpaired) electrons. The first-order valence-electron chi connectivity index (χ1n) is 7.98. The van der Waals surface area contributed by atoms with Crippen LogP contribution in [-0.2, 0) is 6.54 Å². The molecule has 0 amide bonds. The van der Waals surface area contributed by atoms with E-state index < -0.39 is 0 Å². The lowest BCUT2D eigenvalue weighted by molar-refractivity contribution is 0.0774. The molecule has 21 heavy (non-hydrogen) atoms. The molecule has 1 N–H and O–H groups in total. The van der Waals surface area contributed by atoms with Crippen molar-refractivity contribution >= 4 is 0 Å². The summed E-state index contributed by atoms with van der Waals surface area (Å²) in [6, 6.07) is 5.23. The number of methoxy groups -OCH3 is 1. The van der Waals surface area contributed by atoms with Crippen molar-refractivity contribution in [1.82, 2.24) is 15.2 Å². The van der Waals surface area contributed by atoms with E-state index in [1.54, 1.807) is 13.3 Å². The fourth-order valence-electron chi connectivity index (χ4n) is 3.09. The fraction of sp³-hybridized carbons (Fsp3) is 0.706. The Bertz CT molecular complexity index is 447. The van der Waals surface area contributed by atoms with Crippen LogP contribution in [0.25, 0.3) is 0 Å². The molecule has 1 aromatic heterocycles. The van der Waals surface area contributed by atoms with E-state index >= 15 is 0 Å². The Balaban J connectivity index is 2.16. The van der Waals surface area contributed by atoms with E-state index in [0.717, 1.165) is 25.5 Å². The Morgan fingerprint density at radius 3 is 2.71 bits per heavy atom. The average Bonchev–Trinajstić information content (AvgIpc) is 2.47. The smallest absolute Gasteiger partial charge is 0.217 e. The summed E-state index contributed by atoms with van der Waals surface area (Å²) >= 11 is 0. The predicted molar refractivity (Wildman–Crippen MR) is 86.5 cm³/mol. The van der Waals surface area contributed by atoms with Gasteiger partial charge in [0, 0.05) is 43.5 Å². The van der Waals surface area contributed by atoms with Crippen LogP contribution in [0.15, 0.2) is 18.3 Å². The van der Waals surface area contributed by atoms with Gasteiger partial charge in [-0.05, 0) is 17.9 Å². The molecule has 2 rings (SSSR count). The third-order valence-corrected chi connectivity index (χ3v) is 4.48. The van der Waals surface area contributed by atoms with Crippen molar-refractivity contribution in [2.45, 2.75) is 46.3 Å². The summed E-state index contributed by atoms with van der Waals surface area (Å²) in [7, 11) is 1.69. The molecule has 1 aromatic rings. The van der Waals surface area contributed by atoms with Crippen LogP contribution in [0.3, 0.4) is 0 Å². The highest BCUT2D eigenvalue weighted by Gasteiger charge is 2.31. The summed E-state index contributed by atoms with van der Waals surface area (Å²) in [5.74, 6) is 2.03. The van der Waals surface area contributed by atoms with Gasteiger partial charge in [0.05, 0.1) is 7.11 Å². The highest BCUT2D eigenvalue weighted by atomic mass is 16.5. The Hall–Kier alpha value is -1.13. The van der Waals surface area contributed by atoms with Crippen molar-refractivity contribution in [2.75, 3.05) is 20.2 Å². The molecule has 4 heteroatoms. The van der Waals surface area contributed by atoms with Crippen LogP contribution >= 0.6 is 0 Å². The van der Waals surface area contributed by atoms with Crippen LogP contribution in [0.1, 0.15) is 33.3 Å². The topological polar surface area (TPSA) is 37.4 Å². The summed E-state index contributed by atoms with van der Waals surface area (Å²) in [5.41, 5.74) is 1.18. The molecule has 1 aliphatic heterocycles. The van der Waals surface area contributed by atoms with Crippen molar-refractivity contribution in [1.29, 1.82) is 0 Å². The summed E-state index contributed by atoms with van der Waals surface area (Å²) in [4.78, 5) is 6.91. The second kappa shape index (κ2) is 7.23. The first-order chi connectivity index (χ1) is 10.0. The highest BCUT2D eigenvalue weighted by molar-refractivity contribution is 5.25. The van der Waals surface area contributed by atoms with Crippen molar-refractivity contribution in [2.24, 2.45) is 11.8 Å². The minimum atomic E-state index is 0.558. The number of nitrogens with one attached hydrogen (secondary N) is 1. The first kappa shape index (κ1) is 16.2. The van der Waals surface area contributed by atoms with Gasteiger partial charge in [0.2, 0.25) is 5.88 Å². The van der Waals surface area contributed by atoms with Crippen molar-refractivity contribution in [3.63, 3.8) is 0 Å². The van der Waals surface area contributed by atoms with Gasteiger partial charge in [0.1, 0.15) is 0 Å². The van der Waals surface area contributed by atoms with Crippen LogP contribution in [0.4, 0.5) is 0 Å². The summed E-state index contributed by atoms with van der Waals surface area (Å²) in [6.45, 7) is 12.2. The average molecular weight is 291 g/mol. The molecule has 1 saturated heterocycles. The second-order valence-electron chi connectivity index (χ2n) is 6.67. The monoisotopic (exact) mass is 291 g/mol. The Morgan fingerprint density at radius 1 is 1.33 bits per heavy atom. The minimum Gasteiger partial charge on any atom is -0.481 e. The van der Waals surface area contributed by atoms with Crippen LogP contribution < -0.4 is 10.1 Å². The molecular weight excluding hydrogens is 262 g/mol. The molecule has 0 aromatic carbocycles. The van der Waals surface area contributed by atoms with Gasteiger partial charge in [-0.15, -0.1) is 0 Å². The van der Waals surface area contributed by atoms with Gasteiger partial charge in [-0.1, -0.05) is 33.8 Å². The van der Waals surface area contributed by atoms with Crippen LogP contribution in [0.5, 0.6) is 5.88 Å². The van der Waals surface area contributed by atoms with E-state index in [-0.39, 0.29) is 0 Å². The third-order valence-electron chi connectivity index (χ3n) is 4.48. The van der Waals surface area contributed by atoms with Gasteiger partial charge < -0.3 is 10.1 Å². The van der Waals surface area contributed by atoms with Crippen molar-refractivity contribution in [3.05, 3.63) is 23.9 Å². The van der Waals surface area contributed by atoms with E-state index in [4.69, 9.17) is 4.74 Å². The third kappa shape index (κ3) is 3.95. The molecule has 0 saturated carbocycles. The second-order valence-corrected chi connectivity index (χ2v) is 6.67. The minimum absolute atomic E-state index is 0.558. The van der Waals surface area contributed by atoms with E-state index in [2.05, 4.69) is 49.0 Å². The Labute approximate surface area is 128 Å². The number of hydrogen-bond acceptors (Lipinski definition) is 4. The molecular formula is C17H29N3O. The van der Waals surface area contributed by atoms with Gasteiger partial charge in [-0.3, -0.25) is 4.90 Å². The maximum absolute atomic E-state index is 5.40. The molecule has 0 spiro atoms. The molecule has 2 atom stereocenters. The zero-order chi connectivity index (χ0) is 15.4. The van der Waals surface area contributed by atoms with E-state index in [0.29, 0.717) is 23.9 Å². The highest BCUT2D eigenvalue weighted by Crippen LogP contribution is 2.23. The van der Waals surface area contributed by atoms with Crippen LogP contribution in [-0.4, -0.2) is 42.2 Å². The quantitative estimate of drug-likeness (QED) is 0.904. The zero-order valence-electron chi connectivity index (χ0n) is 14.0. The number of ether oxygens (including phenoxy) is 1. The number of hydrogen-bond donors (Lipinski definition) is 1. The zero-order valence-corrected chi connectivity index (χ0v) is 14.0. The molecule has 0 aliphatic carbocycles. The van der Waals surface area contributed by atoms with E-state index in [9.17, 15) is 0 Å². The summed E-state index contributed by atoms with van der Waals surface area (Å²) < 4.78 is 5.40. The van der Waals surface area contributed by atoms with Crippen LogP contribution in [0.2, 0.25) is 0 Å². The predicted octanol–water partition coefficient (Wildman–Crippen LogP) is 2.54. The molecule has 118 valence electrons. The molecule has 2 unspecified atom stereocenters. The van der Waals surface area contributed by atoms with E-state index in [1.807, 2.05) is 6.07 Å². The molecule has 1 fully saturated rings. The number of nitrogens with zero attached hydrogens (tertiary/aromatic N) is 2. The standard InChI is InChI=1S/C17H29N3O/c1-12(2)15-11-20(16(9-19-15)13(3)4)10-14-7-6-8-18-17(14)21-5/h6-8,12-13,15-16,19H,9-11H2,1-5H3. The Morgan fingerprint density at radius 2 is 2.10 bits per heavy atom. The maximum Gasteiger partial charge on any atom is 0.217 e. The maximum atomic E-state index is 5.40. The van der Waals surface area contributed by atoms with Gasteiger partial charge in [0.15, 0.2) is 0 Å². The van der Waals surface area contributed by atoms with Gasteiger partial charge in [-0.25, -0.2) is 4.98 Å². The number of rotatable bonds is 5. The number of pyridine rings is 1. The normalized spacial score (nSPS) is 23.8. The first-order valence-corrected chi connectivity index (χ1v) is 7.98. The lowest BCUT2D eigenvalue weighted by Crippen LogP contribution is -2.59. The summed E-state index contributed by atoms with van der Waals surface area (Å²) in [5, 5.41) is 3.71. The largest absolute Gasteiger partial charge is 0.481 e. The molecule has 0 bridgehead atoms. The van der Waals surface area contributed by atoms with Gasteiger partial charge >= 0.3 is 0 Å². The SMILES string of the molecule is COc1ncccc1CN1CC(C(C)C)NCC1C(C)C.